The number of benzene rings is 1. The van der Waals surface area contributed by atoms with Gasteiger partial charge in [-0.3, -0.25) is 4.90 Å². The Bertz CT molecular complexity index is 397. The molecule has 2 unspecified atom stereocenters. The molecule has 0 spiro atoms. The number of hydrogen-bond acceptors (Lipinski definition) is 2. The molecule has 1 fully saturated rings. The van der Waals surface area contributed by atoms with Gasteiger partial charge in [0.2, 0.25) is 0 Å². The summed E-state index contributed by atoms with van der Waals surface area (Å²) in [7, 11) is 0. The van der Waals surface area contributed by atoms with E-state index in [4.69, 9.17) is 17.3 Å². The summed E-state index contributed by atoms with van der Waals surface area (Å²) < 4.78 is 14.0. The van der Waals surface area contributed by atoms with Gasteiger partial charge in [-0.05, 0) is 24.9 Å². The molecule has 2 atom stereocenters. The fraction of sp³-hybridized carbons (Fsp3) is 0.538. The largest absolute Gasteiger partial charge is 0.329 e. The highest BCUT2D eigenvalue weighted by Crippen LogP contribution is 2.30. The predicted molar refractivity (Wildman–Crippen MR) is 68.6 cm³/mol. The van der Waals surface area contributed by atoms with Crippen LogP contribution in [0.3, 0.4) is 0 Å². The first-order valence-corrected chi connectivity index (χ1v) is 6.39. The molecule has 2 rings (SSSR count). The smallest absolute Gasteiger partial charge is 0.146 e. The summed E-state index contributed by atoms with van der Waals surface area (Å²) in [6.45, 7) is 4.59. The summed E-state index contributed by atoms with van der Waals surface area (Å²) in [5, 5.41) is 0.174. The molecule has 0 aliphatic carbocycles. The van der Waals surface area contributed by atoms with E-state index in [2.05, 4.69) is 11.8 Å². The molecule has 0 radical (unpaired) electrons. The van der Waals surface area contributed by atoms with Gasteiger partial charge in [-0.2, -0.15) is 0 Å². The fourth-order valence-electron chi connectivity index (χ4n) is 2.50. The molecule has 4 heteroatoms. The van der Waals surface area contributed by atoms with Crippen molar-refractivity contribution in [3.8, 4) is 0 Å². The number of nitrogens with two attached hydrogens (primary N) is 1. The first-order chi connectivity index (χ1) is 8.13. The molecule has 0 saturated carbocycles. The molecule has 1 aliphatic rings. The maximum atomic E-state index is 14.0. The van der Waals surface area contributed by atoms with Gasteiger partial charge in [-0.1, -0.05) is 30.7 Å². The third-order valence-corrected chi connectivity index (χ3v) is 3.75. The maximum Gasteiger partial charge on any atom is 0.146 e. The number of hydrogen-bond donors (Lipinski definition) is 1. The molecule has 1 heterocycles. The van der Waals surface area contributed by atoms with E-state index in [9.17, 15) is 4.39 Å². The molecule has 0 amide bonds. The van der Waals surface area contributed by atoms with E-state index in [0.717, 1.165) is 19.5 Å². The van der Waals surface area contributed by atoms with E-state index in [1.165, 1.54) is 0 Å². The van der Waals surface area contributed by atoms with Gasteiger partial charge in [0.15, 0.2) is 0 Å². The Hall–Kier alpha value is -0.640. The standard InChI is InChI=1S/C13H18ClFN2/c1-9-5-6-17(8-9)12(7-16)10-3-2-4-11(14)13(10)15/h2-4,9,12H,5-8,16H2,1H3. The molecule has 2 N–H and O–H groups in total. The summed E-state index contributed by atoms with van der Waals surface area (Å²) in [6, 6.07) is 5.07. The topological polar surface area (TPSA) is 29.3 Å². The van der Waals surface area contributed by atoms with Crippen molar-refractivity contribution < 1.29 is 4.39 Å². The van der Waals surface area contributed by atoms with Crippen LogP contribution in [0.15, 0.2) is 18.2 Å². The highest BCUT2D eigenvalue weighted by atomic mass is 35.5. The molecule has 1 saturated heterocycles. The van der Waals surface area contributed by atoms with Crippen LogP contribution in [-0.2, 0) is 0 Å². The van der Waals surface area contributed by atoms with Crippen LogP contribution in [-0.4, -0.2) is 24.5 Å². The number of halogens is 2. The highest BCUT2D eigenvalue weighted by Gasteiger charge is 2.28. The van der Waals surface area contributed by atoms with Gasteiger partial charge in [0.05, 0.1) is 5.02 Å². The van der Waals surface area contributed by atoms with Crippen LogP contribution in [0.25, 0.3) is 0 Å². The first-order valence-electron chi connectivity index (χ1n) is 6.01. The quantitative estimate of drug-likeness (QED) is 0.901. The van der Waals surface area contributed by atoms with Crippen molar-refractivity contribution in [3.05, 3.63) is 34.6 Å². The van der Waals surface area contributed by atoms with Crippen LogP contribution < -0.4 is 5.73 Å². The Balaban J connectivity index is 2.26. The molecule has 0 aromatic heterocycles. The monoisotopic (exact) mass is 256 g/mol. The second-order valence-electron chi connectivity index (χ2n) is 4.78. The summed E-state index contributed by atoms with van der Waals surface area (Å²) in [6.07, 6.45) is 1.15. The number of likely N-dealkylation sites (tertiary alicyclic amines) is 1. The first kappa shape index (κ1) is 12.8. The van der Waals surface area contributed by atoms with Gasteiger partial charge in [0.1, 0.15) is 5.82 Å². The Kier molecular flexibility index (Phi) is 4.02. The molecule has 1 aliphatic heterocycles. The van der Waals surface area contributed by atoms with Crippen molar-refractivity contribution in [1.29, 1.82) is 0 Å². The highest BCUT2D eigenvalue weighted by molar-refractivity contribution is 6.30. The maximum absolute atomic E-state index is 14.0. The average Bonchev–Trinajstić information content (AvgIpc) is 2.72. The van der Waals surface area contributed by atoms with E-state index in [1.807, 2.05) is 0 Å². The minimum Gasteiger partial charge on any atom is -0.329 e. The van der Waals surface area contributed by atoms with E-state index >= 15 is 0 Å². The van der Waals surface area contributed by atoms with Crippen molar-refractivity contribution >= 4 is 11.6 Å². The van der Waals surface area contributed by atoms with Crippen molar-refractivity contribution in [2.45, 2.75) is 19.4 Å². The third-order valence-electron chi connectivity index (χ3n) is 3.46. The van der Waals surface area contributed by atoms with E-state index < -0.39 is 0 Å². The second-order valence-corrected chi connectivity index (χ2v) is 5.19. The lowest BCUT2D eigenvalue weighted by Crippen LogP contribution is -2.32. The van der Waals surface area contributed by atoms with Crippen LogP contribution in [0.4, 0.5) is 4.39 Å². The SMILES string of the molecule is CC1CCN(C(CN)c2cccc(Cl)c2F)C1. The molecule has 1 aromatic carbocycles. The second kappa shape index (κ2) is 5.34. The Morgan fingerprint density at radius 1 is 1.59 bits per heavy atom. The Morgan fingerprint density at radius 3 is 2.94 bits per heavy atom. The lowest BCUT2D eigenvalue weighted by Gasteiger charge is -2.27. The molecule has 2 nitrogen and oxygen atoms in total. The van der Waals surface area contributed by atoms with Crippen LogP contribution in [0.5, 0.6) is 0 Å². The van der Waals surface area contributed by atoms with E-state index in [-0.39, 0.29) is 16.9 Å². The van der Waals surface area contributed by atoms with Gasteiger partial charge in [0.25, 0.3) is 0 Å². The Labute approximate surface area is 107 Å². The number of rotatable bonds is 3. The van der Waals surface area contributed by atoms with Gasteiger partial charge in [-0.15, -0.1) is 0 Å². The normalized spacial score (nSPS) is 22.9. The minimum absolute atomic E-state index is 0.0568. The lowest BCUT2D eigenvalue weighted by atomic mass is 10.0. The van der Waals surface area contributed by atoms with Crippen LogP contribution in [0, 0.1) is 11.7 Å². The number of nitrogens with zero attached hydrogens (tertiary/aromatic N) is 1. The fourth-order valence-corrected chi connectivity index (χ4v) is 2.68. The molecule has 94 valence electrons. The van der Waals surface area contributed by atoms with Crippen LogP contribution in [0.1, 0.15) is 24.9 Å². The van der Waals surface area contributed by atoms with Gasteiger partial charge >= 0.3 is 0 Å². The zero-order chi connectivity index (χ0) is 12.4. The lowest BCUT2D eigenvalue weighted by molar-refractivity contribution is 0.238. The zero-order valence-electron chi connectivity index (χ0n) is 10.00. The summed E-state index contributed by atoms with van der Waals surface area (Å²) in [5.41, 5.74) is 6.42. The van der Waals surface area contributed by atoms with E-state index in [1.54, 1.807) is 18.2 Å². The van der Waals surface area contributed by atoms with Gasteiger partial charge in [0, 0.05) is 24.7 Å². The summed E-state index contributed by atoms with van der Waals surface area (Å²) in [5.74, 6) is 0.329. The van der Waals surface area contributed by atoms with Crippen LogP contribution in [0.2, 0.25) is 5.02 Å². The molecular weight excluding hydrogens is 239 g/mol. The molecule has 1 aromatic rings. The molecular formula is C13H18ClFN2. The zero-order valence-corrected chi connectivity index (χ0v) is 10.8. The van der Waals surface area contributed by atoms with Crippen LogP contribution >= 0.6 is 11.6 Å². The predicted octanol–water partition coefficient (Wildman–Crippen LogP) is 2.82. The molecule has 17 heavy (non-hydrogen) atoms. The summed E-state index contributed by atoms with van der Waals surface area (Å²) >= 11 is 5.82. The summed E-state index contributed by atoms with van der Waals surface area (Å²) in [4.78, 5) is 2.25. The van der Waals surface area contributed by atoms with Crippen molar-refractivity contribution in [2.24, 2.45) is 11.7 Å². The van der Waals surface area contributed by atoms with Crippen molar-refractivity contribution in [2.75, 3.05) is 19.6 Å². The minimum atomic E-state index is -0.329. The van der Waals surface area contributed by atoms with Crippen molar-refractivity contribution in [3.63, 3.8) is 0 Å². The van der Waals surface area contributed by atoms with Crippen molar-refractivity contribution in [1.82, 2.24) is 4.90 Å². The molecule has 0 bridgehead atoms. The Morgan fingerprint density at radius 2 is 2.35 bits per heavy atom. The van der Waals surface area contributed by atoms with Gasteiger partial charge < -0.3 is 5.73 Å². The third kappa shape index (κ3) is 2.62. The average molecular weight is 257 g/mol. The van der Waals surface area contributed by atoms with Gasteiger partial charge in [-0.25, -0.2) is 4.39 Å². The van der Waals surface area contributed by atoms with E-state index in [0.29, 0.717) is 18.0 Å².